The van der Waals surface area contributed by atoms with E-state index in [-0.39, 0.29) is 12.1 Å². The second-order valence-corrected chi connectivity index (χ2v) is 7.20. The van der Waals surface area contributed by atoms with E-state index in [1.54, 1.807) is 4.90 Å². The van der Waals surface area contributed by atoms with E-state index in [1.165, 1.54) is 25.7 Å². The van der Waals surface area contributed by atoms with Gasteiger partial charge < -0.3 is 25.4 Å². The zero-order valence-electron chi connectivity index (χ0n) is 16.4. The van der Waals surface area contributed by atoms with Crippen LogP contribution in [0.5, 0.6) is 0 Å². The van der Waals surface area contributed by atoms with Gasteiger partial charge in [-0.25, -0.2) is 4.79 Å². The zero-order valence-corrected chi connectivity index (χ0v) is 16.4. The first-order valence-electron chi connectivity index (χ1n) is 10.2. The predicted octanol–water partition coefficient (Wildman–Crippen LogP) is 2.50. The fourth-order valence-corrected chi connectivity index (χ4v) is 3.99. The fraction of sp³-hybridized carbons (Fsp3) is 0.895. The Balaban J connectivity index is 1.68. The number of hydrogen-bond donors (Lipinski definition) is 2. The summed E-state index contributed by atoms with van der Waals surface area (Å²) in [6.45, 7) is 7.14. The molecule has 0 aromatic rings. The highest BCUT2D eigenvalue weighted by molar-refractivity contribution is 5.78. The van der Waals surface area contributed by atoms with Crippen molar-refractivity contribution in [2.45, 2.75) is 70.9 Å². The summed E-state index contributed by atoms with van der Waals surface area (Å²) in [5, 5.41) is 3.29. The molecular weight excluding hydrogens is 332 g/mol. The maximum Gasteiger partial charge on any atom is 0.409 e. The smallest absolute Gasteiger partial charge is 0.409 e. The molecule has 7 heteroatoms. The van der Waals surface area contributed by atoms with E-state index in [1.807, 2.05) is 6.92 Å². The molecule has 0 aromatic heterocycles. The largest absolute Gasteiger partial charge is 0.450 e. The summed E-state index contributed by atoms with van der Waals surface area (Å²) in [5.41, 5.74) is 6.05. The molecule has 2 rings (SSSR count). The number of rotatable bonds is 8. The number of nitrogens with two attached hydrogens (primary N) is 1. The number of likely N-dealkylation sites (tertiary alicyclic amines) is 1. The van der Waals surface area contributed by atoms with Gasteiger partial charge in [0.15, 0.2) is 5.96 Å². The van der Waals surface area contributed by atoms with Crippen LogP contribution in [0.25, 0.3) is 0 Å². The van der Waals surface area contributed by atoms with Crippen molar-refractivity contribution < 1.29 is 14.3 Å². The lowest BCUT2D eigenvalue weighted by molar-refractivity contribution is 0.0177. The predicted molar refractivity (Wildman–Crippen MR) is 103 cm³/mol. The average molecular weight is 369 g/mol. The Kier molecular flexibility index (Phi) is 9.01. The number of guanidine groups is 1. The first-order chi connectivity index (χ1) is 12.6. The highest BCUT2D eigenvalue weighted by atomic mass is 16.6. The highest BCUT2D eigenvalue weighted by Gasteiger charge is 2.25. The van der Waals surface area contributed by atoms with Crippen LogP contribution in [0.2, 0.25) is 0 Å². The minimum absolute atomic E-state index is 0.221. The van der Waals surface area contributed by atoms with Crippen LogP contribution in [-0.4, -0.2) is 61.9 Å². The SMILES string of the molecule is CCOC(=O)N1CCC(NC(N)=NCCC(OCC)C2CCCC2)CC1. The Morgan fingerprint density at radius 1 is 1.19 bits per heavy atom. The summed E-state index contributed by atoms with van der Waals surface area (Å²) in [5.74, 6) is 1.19. The van der Waals surface area contributed by atoms with Crippen LogP contribution >= 0.6 is 0 Å². The van der Waals surface area contributed by atoms with Gasteiger partial charge in [-0.3, -0.25) is 4.99 Å². The molecule has 1 saturated heterocycles. The number of piperidine rings is 1. The van der Waals surface area contributed by atoms with Crippen molar-refractivity contribution in [1.82, 2.24) is 10.2 Å². The van der Waals surface area contributed by atoms with Gasteiger partial charge in [0.25, 0.3) is 0 Å². The molecule has 26 heavy (non-hydrogen) atoms. The number of carbonyl (C=O) groups is 1. The summed E-state index contributed by atoms with van der Waals surface area (Å²) in [7, 11) is 0. The van der Waals surface area contributed by atoms with Gasteiger partial charge >= 0.3 is 6.09 Å². The van der Waals surface area contributed by atoms with Gasteiger partial charge in [0, 0.05) is 32.3 Å². The number of nitrogens with one attached hydrogen (secondary N) is 1. The summed E-state index contributed by atoms with van der Waals surface area (Å²) < 4.78 is 11.0. The quantitative estimate of drug-likeness (QED) is 0.507. The van der Waals surface area contributed by atoms with E-state index in [0.29, 0.717) is 44.2 Å². The third-order valence-corrected chi connectivity index (χ3v) is 5.38. The number of carbonyl (C=O) groups excluding carboxylic acids is 1. The molecule has 1 amide bonds. The second-order valence-electron chi connectivity index (χ2n) is 7.20. The first-order valence-corrected chi connectivity index (χ1v) is 10.2. The van der Waals surface area contributed by atoms with Gasteiger partial charge in [0.1, 0.15) is 0 Å². The minimum Gasteiger partial charge on any atom is -0.450 e. The van der Waals surface area contributed by atoms with E-state index in [0.717, 1.165) is 25.9 Å². The molecule has 7 nitrogen and oxygen atoms in total. The van der Waals surface area contributed by atoms with Gasteiger partial charge in [-0.15, -0.1) is 0 Å². The van der Waals surface area contributed by atoms with E-state index >= 15 is 0 Å². The Hall–Kier alpha value is -1.50. The van der Waals surface area contributed by atoms with E-state index in [9.17, 15) is 4.79 Å². The molecule has 3 N–H and O–H groups in total. The fourth-order valence-electron chi connectivity index (χ4n) is 3.99. The molecule has 1 aliphatic carbocycles. The van der Waals surface area contributed by atoms with Crippen LogP contribution in [0.3, 0.4) is 0 Å². The number of ether oxygens (including phenoxy) is 2. The standard InChI is InChI=1S/C19H36N4O3/c1-3-25-17(15-7-5-6-8-15)9-12-21-18(20)22-16-10-13-23(14-11-16)19(24)26-4-2/h15-17H,3-14H2,1-2H3,(H3,20,21,22). The summed E-state index contributed by atoms with van der Waals surface area (Å²) in [6.07, 6.45) is 7.95. The van der Waals surface area contributed by atoms with E-state index < -0.39 is 0 Å². The molecule has 1 saturated carbocycles. The number of nitrogens with zero attached hydrogens (tertiary/aromatic N) is 2. The van der Waals surface area contributed by atoms with Gasteiger partial charge in [0.05, 0.1) is 12.7 Å². The van der Waals surface area contributed by atoms with Gasteiger partial charge in [-0.05, 0) is 51.9 Å². The van der Waals surface area contributed by atoms with Crippen molar-refractivity contribution in [3.8, 4) is 0 Å². The third kappa shape index (κ3) is 6.67. The number of aliphatic imine (C=N–C) groups is 1. The van der Waals surface area contributed by atoms with Gasteiger partial charge in [-0.1, -0.05) is 12.8 Å². The topological polar surface area (TPSA) is 89.2 Å². The summed E-state index contributed by atoms with van der Waals surface area (Å²) >= 11 is 0. The molecule has 2 aliphatic rings. The highest BCUT2D eigenvalue weighted by Crippen LogP contribution is 2.30. The lowest BCUT2D eigenvalue weighted by Crippen LogP contribution is -2.48. The third-order valence-electron chi connectivity index (χ3n) is 5.38. The van der Waals surface area contributed by atoms with Crippen LogP contribution in [0.15, 0.2) is 4.99 Å². The lowest BCUT2D eigenvalue weighted by Gasteiger charge is -2.31. The molecule has 150 valence electrons. The molecule has 1 atom stereocenters. The molecule has 1 aliphatic heterocycles. The lowest BCUT2D eigenvalue weighted by atomic mass is 9.98. The van der Waals surface area contributed by atoms with Crippen molar-refractivity contribution in [1.29, 1.82) is 0 Å². The van der Waals surface area contributed by atoms with Crippen LogP contribution in [-0.2, 0) is 9.47 Å². The van der Waals surface area contributed by atoms with Crippen molar-refractivity contribution in [3.63, 3.8) is 0 Å². The Labute approximate surface area is 157 Å². The maximum atomic E-state index is 11.7. The Bertz CT molecular complexity index is 444. The second kappa shape index (κ2) is 11.3. The molecule has 1 heterocycles. The average Bonchev–Trinajstić information content (AvgIpc) is 3.16. The Morgan fingerprint density at radius 2 is 1.88 bits per heavy atom. The molecular formula is C19H36N4O3. The van der Waals surface area contributed by atoms with Crippen LogP contribution < -0.4 is 11.1 Å². The first kappa shape index (κ1) is 20.8. The van der Waals surface area contributed by atoms with Crippen molar-refractivity contribution in [2.24, 2.45) is 16.6 Å². The van der Waals surface area contributed by atoms with E-state index in [4.69, 9.17) is 15.2 Å². The van der Waals surface area contributed by atoms with Crippen molar-refractivity contribution in [3.05, 3.63) is 0 Å². The Morgan fingerprint density at radius 3 is 2.50 bits per heavy atom. The van der Waals surface area contributed by atoms with Crippen LogP contribution in [0.4, 0.5) is 4.79 Å². The number of amides is 1. The van der Waals surface area contributed by atoms with E-state index in [2.05, 4.69) is 17.2 Å². The normalized spacial score (nSPS) is 21.0. The zero-order chi connectivity index (χ0) is 18.8. The van der Waals surface area contributed by atoms with Gasteiger partial charge in [-0.2, -0.15) is 0 Å². The molecule has 0 radical (unpaired) electrons. The number of hydrogen-bond acceptors (Lipinski definition) is 4. The summed E-state index contributed by atoms with van der Waals surface area (Å²) in [6, 6.07) is 0.266. The van der Waals surface area contributed by atoms with Crippen molar-refractivity contribution >= 4 is 12.1 Å². The monoisotopic (exact) mass is 368 g/mol. The molecule has 0 bridgehead atoms. The maximum absolute atomic E-state index is 11.7. The molecule has 1 unspecified atom stereocenters. The van der Waals surface area contributed by atoms with Crippen LogP contribution in [0.1, 0.15) is 58.8 Å². The molecule has 2 fully saturated rings. The molecule has 0 aromatic carbocycles. The summed E-state index contributed by atoms with van der Waals surface area (Å²) in [4.78, 5) is 18.0. The van der Waals surface area contributed by atoms with Crippen molar-refractivity contribution in [2.75, 3.05) is 32.8 Å². The minimum atomic E-state index is -0.221. The van der Waals surface area contributed by atoms with Gasteiger partial charge in [0.2, 0.25) is 0 Å². The van der Waals surface area contributed by atoms with Crippen LogP contribution in [0, 0.1) is 5.92 Å². The molecule has 0 spiro atoms.